The van der Waals surface area contributed by atoms with Crippen LogP contribution >= 0.6 is 11.3 Å². The van der Waals surface area contributed by atoms with Crippen molar-refractivity contribution in [2.45, 2.75) is 13.0 Å². The number of ether oxygens (including phenoxy) is 1. The number of Topliss-reactive ketones (excluding diaryl/α,β-unsaturated/α-hetero) is 1. The Hall–Kier alpha value is -4.57. The van der Waals surface area contributed by atoms with Gasteiger partial charge in [-0.3, -0.25) is 24.6 Å². The first-order valence-corrected chi connectivity index (χ1v) is 11.7. The number of nitrogens with zero attached hydrogens (tertiary/aromatic N) is 3. The molecule has 36 heavy (non-hydrogen) atoms. The molecule has 4 aromatic rings. The van der Waals surface area contributed by atoms with Crippen LogP contribution in [0.1, 0.15) is 22.7 Å². The lowest BCUT2D eigenvalue weighted by Gasteiger charge is -2.22. The van der Waals surface area contributed by atoms with Crippen LogP contribution in [-0.4, -0.2) is 33.8 Å². The van der Waals surface area contributed by atoms with Crippen LogP contribution in [-0.2, 0) is 9.59 Å². The molecule has 9 nitrogen and oxygen atoms in total. The van der Waals surface area contributed by atoms with E-state index in [9.17, 15) is 24.8 Å². The summed E-state index contributed by atoms with van der Waals surface area (Å²) in [5.41, 5.74) is 1.87. The summed E-state index contributed by atoms with van der Waals surface area (Å²) < 4.78 is 5.97. The van der Waals surface area contributed by atoms with Gasteiger partial charge in [0, 0.05) is 17.7 Å². The van der Waals surface area contributed by atoms with E-state index in [-0.39, 0.29) is 16.4 Å². The molecule has 1 aliphatic rings. The van der Waals surface area contributed by atoms with Crippen molar-refractivity contribution in [1.82, 2.24) is 4.98 Å². The molecule has 2 heterocycles. The first-order valence-electron chi connectivity index (χ1n) is 10.9. The maximum atomic E-state index is 13.3. The molecule has 1 fully saturated rings. The normalized spacial score (nSPS) is 17.1. The van der Waals surface area contributed by atoms with E-state index in [4.69, 9.17) is 4.74 Å². The second-order valence-corrected chi connectivity index (χ2v) is 9.23. The van der Waals surface area contributed by atoms with Gasteiger partial charge in [-0.25, -0.2) is 4.98 Å². The highest BCUT2D eigenvalue weighted by Gasteiger charge is 2.48. The van der Waals surface area contributed by atoms with Crippen molar-refractivity contribution in [3.05, 3.63) is 99.1 Å². The first-order chi connectivity index (χ1) is 17.3. The third kappa shape index (κ3) is 3.87. The summed E-state index contributed by atoms with van der Waals surface area (Å²) in [6.07, 6.45) is 0. The van der Waals surface area contributed by atoms with Crippen LogP contribution in [0.2, 0.25) is 0 Å². The molecule has 3 aromatic carbocycles. The predicted octanol–water partition coefficient (Wildman–Crippen LogP) is 5.15. The standard InChI is InChI=1S/C26H19N3O6S/c1-14-6-11-19-20(12-14)36-26(27-19)28-22(16-4-3-5-17(13-16)29(33)34)21(24(31)25(28)32)23(30)15-7-9-18(35-2)10-8-15/h3-13,22,30H,1-2H3/t22-/m0/s1. The molecule has 0 radical (unpaired) electrons. The summed E-state index contributed by atoms with van der Waals surface area (Å²) >= 11 is 1.23. The number of carbonyl (C=O) groups is 2. The Balaban J connectivity index is 1.73. The lowest BCUT2D eigenvalue weighted by molar-refractivity contribution is -0.384. The zero-order chi connectivity index (χ0) is 25.6. The van der Waals surface area contributed by atoms with E-state index in [1.54, 1.807) is 30.3 Å². The Bertz CT molecular complexity index is 1570. The Kier molecular flexibility index (Phi) is 5.73. The minimum atomic E-state index is -1.12. The fourth-order valence-corrected chi connectivity index (χ4v) is 5.27. The molecule has 1 atom stereocenters. The Morgan fingerprint density at radius 1 is 1.11 bits per heavy atom. The van der Waals surface area contributed by atoms with Crippen LogP contribution in [0, 0.1) is 17.0 Å². The van der Waals surface area contributed by atoms with Crippen LogP contribution < -0.4 is 9.64 Å². The summed E-state index contributed by atoms with van der Waals surface area (Å²) in [5.74, 6) is -1.63. The molecule has 10 heteroatoms. The molecule has 0 saturated carbocycles. The van der Waals surface area contributed by atoms with Gasteiger partial charge < -0.3 is 9.84 Å². The highest BCUT2D eigenvalue weighted by Crippen LogP contribution is 2.45. The van der Waals surface area contributed by atoms with Crippen LogP contribution in [0.25, 0.3) is 16.0 Å². The van der Waals surface area contributed by atoms with Gasteiger partial charge in [-0.2, -0.15) is 0 Å². The van der Waals surface area contributed by atoms with Crippen molar-refractivity contribution in [2.24, 2.45) is 0 Å². The molecule has 0 unspecified atom stereocenters. The highest BCUT2D eigenvalue weighted by molar-refractivity contribution is 7.22. The maximum absolute atomic E-state index is 13.3. The zero-order valence-electron chi connectivity index (χ0n) is 19.2. The van der Waals surface area contributed by atoms with E-state index in [0.717, 1.165) is 10.3 Å². The number of nitro groups is 1. The molecule has 1 N–H and O–H groups in total. The van der Waals surface area contributed by atoms with E-state index >= 15 is 0 Å². The lowest BCUT2D eigenvalue weighted by atomic mass is 9.95. The molecule has 0 spiro atoms. The van der Waals surface area contributed by atoms with E-state index < -0.39 is 28.4 Å². The molecular formula is C26H19N3O6S. The molecule has 1 amide bonds. The fourth-order valence-electron chi connectivity index (χ4n) is 4.18. The van der Waals surface area contributed by atoms with Crippen LogP contribution in [0.4, 0.5) is 10.8 Å². The van der Waals surface area contributed by atoms with Crippen LogP contribution in [0.15, 0.2) is 72.3 Å². The van der Waals surface area contributed by atoms with Gasteiger partial charge in [0.25, 0.3) is 11.5 Å². The Morgan fingerprint density at radius 2 is 1.86 bits per heavy atom. The Morgan fingerprint density at radius 3 is 2.56 bits per heavy atom. The Labute approximate surface area is 209 Å². The number of amides is 1. The second-order valence-electron chi connectivity index (χ2n) is 8.22. The third-order valence-electron chi connectivity index (χ3n) is 5.94. The topological polar surface area (TPSA) is 123 Å². The fraction of sp³-hybridized carbons (Fsp3) is 0.115. The number of aliphatic hydroxyl groups is 1. The van der Waals surface area contributed by atoms with Crippen molar-refractivity contribution in [1.29, 1.82) is 0 Å². The van der Waals surface area contributed by atoms with E-state index in [0.29, 0.717) is 22.4 Å². The number of benzene rings is 3. The van der Waals surface area contributed by atoms with E-state index in [1.807, 2.05) is 25.1 Å². The summed E-state index contributed by atoms with van der Waals surface area (Å²) in [6.45, 7) is 1.93. The number of hydrogen-bond donors (Lipinski definition) is 1. The molecule has 1 aromatic heterocycles. The van der Waals surface area contributed by atoms with E-state index in [2.05, 4.69) is 4.98 Å². The van der Waals surface area contributed by atoms with Crippen LogP contribution in [0.3, 0.4) is 0 Å². The minimum absolute atomic E-state index is 0.180. The number of thiazole rings is 1. The number of anilines is 1. The van der Waals surface area contributed by atoms with E-state index in [1.165, 1.54) is 41.5 Å². The zero-order valence-corrected chi connectivity index (χ0v) is 20.0. The van der Waals surface area contributed by atoms with Gasteiger partial charge in [0.05, 0.1) is 33.9 Å². The van der Waals surface area contributed by atoms with Crippen LogP contribution in [0.5, 0.6) is 5.75 Å². The monoisotopic (exact) mass is 501 g/mol. The molecule has 0 aliphatic carbocycles. The summed E-state index contributed by atoms with van der Waals surface area (Å²) in [6, 6.07) is 16.5. The number of aryl methyl sites for hydroxylation is 1. The van der Waals surface area contributed by atoms with Gasteiger partial charge in [0.2, 0.25) is 0 Å². The molecule has 1 aliphatic heterocycles. The van der Waals surface area contributed by atoms with Gasteiger partial charge in [-0.05, 0) is 54.4 Å². The van der Waals surface area contributed by atoms with Crippen molar-refractivity contribution in [2.75, 3.05) is 12.0 Å². The van der Waals surface area contributed by atoms with Gasteiger partial charge in [-0.1, -0.05) is 29.5 Å². The van der Waals surface area contributed by atoms with Crippen molar-refractivity contribution in [3.8, 4) is 5.75 Å². The smallest absolute Gasteiger partial charge is 0.301 e. The number of hydrogen-bond acceptors (Lipinski definition) is 8. The van der Waals surface area contributed by atoms with Gasteiger partial charge in [0.15, 0.2) is 5.13 Å². The average Bonchev–Trinajstić information content (AvgIpc) is 3.41. The number of fused-ring (bicyclic) bond motifs is 1. The number of rotatable bonds is 5. The second kappa shape index (κ2) is 8.90. The first kappa shape index (κ1) is 23.2. The number of methoxy groups -OCH3 is 1. The number of ketones is 1. The SMILES string of the molecule is COc1ccc(C(O)=C2C(=O)C(=O)N(c3nc4ccc(C)cc4s3)[C@H]2c2cccc([N+](=O)[O-])c2)cc1. The largest absolute Gasteiger partial charge is 0.507 e. The van der Waals surface area contributed by atoms with Gasteiger partial charge >= 0.3 is 5.91 Å². The summed E-state index contributed by atoms with van der Waals surface area (Å²) in [5, 5.41) is 22.9. The van der Waals surface area contributed by atoms with Gasteiger partial charge in [-0.15, -0.1) is 0 Å². The van der Waals surface area contributed by atoms with Crippen molar-refractivity contribution in [3.63, 3.8) is 0 Å². The van der Waals surface area contributed by atoms with Crippen molar-refractivity contribution < 1.29 is 24.4 Å². The van der Waals surface area contributed by atoms with Gasteiger partial charge in [0.1, 0.15) is 11.5 Å². The third-order valence-corrected chi connectivity index (χ3v) is 6.96. The summed E-state index contributed by atoms with van der Waals surface area (Å²) in [4.78, 5) is 43.3. The number of nitro benzene ring substituents is 1. The molecule has 5 rings (SSSR count). The lowest BCUT2D eigenvalue weighted by Crippen LogP contribution is -2.29. The predicted molar refractivity (Wildman–Crippen MR) is 135 cm³/mol. The molecule has 1 saturated heterocycles. The quantitative estimate of drug-likeness (QED) is 0.132. The maximum Gasteiger partial charge on any atom is 0.301 e. The number of aliphatic hydroxyl groups excluding tert-OH is 1. The highest BCUT2D eigenvalue weighted by atomic mass is 32.1. The molecule has 0 bridgehead atoms. The minimum Gasteiger partial charge on any atom is -0.507 e. The number of carbonyl (C=O) groups excluding carboxylic acids is 2. The average molecular weight is 502 g/mol. The molecule has 180 valence electrons. The summed E-state index contributed by atoms with van der Waals surface area (Å²) in [7, 11) is 1.50. The number of non-ortho nitro benzene ring substituents is 1. The van der Waals surface area contributed by atoms with Crippen molar-refractivity contribution >= 4 is 49.8 Å². The number of aromatic nitrogens is 1. The molecular weight excluding hydrogens is 482 g/mol.